The second kappa shape index (κ2) is 9.88. The Kier molecular flexibility index (Phi) is 7.19. The van der Waals surface area contributed by atoms with Gasteiger partial charge in [0.1, 0.15) is 5.82 Å². The van der Waals surface area contributed by atoms with Crippen LogP contribution in [-0.2, 0) is 9.84 Å². The summed E-state index contributed by atoms with van der Waals surface area (Å²) in [5.74, 6) is -1.33. The van der Waals surface area contributed by atoms with Crippen LogP contribution in [0.2, 0.25) is 0 Å². The third-order valence-corrected chi connectivity index (χ3v) is 6.06. The van der Waals surface area contributed by atoms with Gasteiger partial charge in [0.2, 0.25) is 0 Å². The molecule has 3 heterocycles. The van der Waals surface area contributed by atoms with Crippen LogP contribution in [0.3, 0.4) is 0 Å². The van der Waals surface area contributed by atoms with Crippen molar-refractivity contribution in [3.05, 3.63) is 84.3 Å². The highest BCUT2D eigenvalue weighted by Crippen LogP contribution is 2.23. The number of hydrogen-bond acceptors (Lipinski definition) is 6. The zero-order chi connectivity index (χ0) is 24.2. The first kappa shape index (κ1) is 24.0. The van der Waals surface area contributed by atoms with Crippen molar-refractivity contribution in [1.29, 1.82) is 0 Å². The minimum Gasteiger partial charge on any atom is -0.478 e. The lowest BCUT2D eigenvalue weighted by molar-refractivity contribution is 0.0698. The van der Waals surface area contributed by atoms with Gasteiger partial charge in [0.15, 0.2) is 9.84 Å². The van der Waals surface area contributed by atoms with Crippen molar-refractivity contribution in [2.45, 2.75) is 24.3 Å². The molecule has 0 spiro atoms. The number of nitrogens with zero attached hydrogens (tertiary/aromatic N) is 3. The molecular formula is C23H23FN4O4S. The number of nitrogens with two attached hydrogens (primary N) is 1. The van der Waals surface area contributed by atoms with Gasteiger partial charge in [-0.25, -0.2) is 17.6 Å². The molecule has 3 aromatic heterocycles. The summed E-state index contributed by atoms with van der Waals surface area (Å²) in [6, 6.07) is 9.11. The maximum atomic E-state index is 12.9. The van der Waals surface area contributed by atoms with Gasteiger partial charge in [-0.15, -0.1) is 0 Å². The summed E-state index contributed by atoms with van der Waals surface area (Å²) < 4.78 is 37.1. The van der Waals surface area contributed by atoms with Gasteiger partial charge in [0.05, 0.1) is 22.2 Å². The maximum Gasteiger partial charge on any atom is 0.337 e. The second-order valence-electron chi connectivity index (χ2n) is 7.33. The SMILES string of the molecule is CC[C@H](N)c1cncc(S(C)(=O)=O)c1.O=C(O)c1cncc2c1ccn2-c1ccc(F)cc1. The summed E-state index contributed by atoms with van der Waals surface area (Å²) in [6.07, 6.45) is 9.50. The molecule has 8 nitrogen and oxygen atoms in total. The Balaban J connectivity index is 0.000000196. The number of aromatic carboxylic acids is 1. The highest BCUT2D eigenvalue weighted by atomic mass is 32.2. The Labute approximate surface area is 190 Å². The Morgan fingerprint density at radius 1 is 1.12 bits per heavy atom. The van der Waals surface area contributed by atoms with Gasteiger partial charge < -0.3 is 15.4 Å². The molecule has 3 N–H and O–H groups in total. The molecule has 0 bridgehead atoms. The van der Waals surface area contributed by atoms with Crippen molar-refractivity contribution < 1.29 is 22.7 Å². The number of benzene rings is 1. The van der Waals surface area contributed by atoms with E-state index in [0.717, 1.165) is 23.9 Å². The Hall–Kier alpha value is -3.63. The van der Waals surface area contributed by atoms with Gasteiger partial charge in [0.25, 0.3) is 0 Å². The Morgan fingerprint density at radius 2 is 1.79 bits per heavy atom. The Morgan fingerprint density at radius 3 is 2.39 bits per heavy atom. The average Bonchev–Trinajstić information content (AvgIpc) is 3.23. The zero-order valence-electron chi connectivity index (χ0n) is 18.0. The molecular weight excluding hydrogens is 447 g/mol. The van der Waals surface area contributed by atoms with Crippen LogP contribution in [0.15, 0.2) is 72.3 Å². The van der Waals surface area contributed by atoms with E-state index in [1.807, 2.05) is 6.92 Å². The molecule has 0 saturated carbocycles. The molecule has 172 valence electrons. The van der Waals surface area contributed by atoms with Crippen molar-refractivity contribution in [3.63, 3.8) is 0 Å². The quantitative estimate of drug-likeness (QED) is 0.454. The molecule has 0 radical (unpaired) electrons. The monoisotopic (exact) mass is 470 g/mol. The predicted octanol–water partition coefficient (Wildman–Crippen LogP) is 3.76. The number of carboxylic acids is 1. The number of fused-ring (bicyclic) bond motifs is 1. The average molecular weight is 471 g/mol. The van der Waals surface area contributed by atoms with Crippen LogP contribution >= 0.6 is 0 Å². The van der Waals surface area contributed by atoms with E-state index >= 15 is 0 Å². The van der Waals surface area contributed by atoms with E-state index in [1.54, 1.807) is 47.4 Å². The smallest absolute Gasteiger partial charge is 0.337 e. The van der Waals surface area contributed by atoms with Gasteiger partial charge in [-0.05, 0) is 48.4 Å². The van der Waals surface area contributed by atoms with E-state index in [-0.39, 0.29) is 22.3 Å². The fourth-order valence-corrected chi connectivity index (χ4v) is 3.73. The Bertz CT molecular complexity index is 1390. The summed E-state index contributed by atoms with van der Waals surface area (Å²) in [6.45, 7) is 1.94. The number of carboxylic acid groups (broad SMARTS) is 1. The highest BCUT2D eigenvalue weighted by Gasteiger charge is 2.13. The third-order valence-electron chi connectivity index (χ3n) is 4.98. The first-order valence-electron chi connectivity index (χ1n) is 9.96. The summed E-state index contributed by atoms with van der Waals surface area (Å²) in [7, 11) is -3.19. The van der Waals surface area contributed by atoms with Crippen LogP contribution in [0.25, 0.3) is 16.6 Å². The molecule has 4 aromatic rings. The van der Waals surface area contributed by atoms with Crippen molar-refractivity contribution >= 4 is 26.7 Å². The molecule has 1 atom stereocenters. The van der Waals surface area contributed by atoms with Crippen LogP contribution in [-0.4, -0.2) is 40.3 Å². The van der Waals surface area contributed by atoms with Crippen LogP contribution < -0.4 is 5.73 Å². The largest absolute Gasteiger partial charge is 0.478 e. The fraction of sp³-hybridized carbons (Fsp3) is 0.174. The summed E-state index contributed by atoms with van der Waals surface area (Å²) in [5.41, 5.74) is 8.11. The lowest BCUT2D eigenvalue weighted by atomic mass is 10.1. The number of carbonyl (C=O) groups is 1. The zero-order valence-corrected chi connectivity index (χ0v) is 18.8. The van der Waals surface area contributed by atoms with E-state index in [9.17, 15) is 17.6 Å². The lowest BCUT2D eigenvalue weighted by Crippen LogP contribution is -2.10. The number of sulfone groups is 1. The van der Waals surface area contributed by atoms with E-state index in [4.69, 9.17) is 10.8 Å². The van der Waals surface area contributed by atoms with Crippen LogP contribution in [0.5, 0.6) is 0 Å². The first-order chi connectivity index (χ1) is 15.6. The number of aromatic nitrogens is 3. The molecule has 0 aliphatic heterocycles. The lowest BCUT2D eigenvalue weighted by Gasteiger charge is -2.09. The van der Waals surface area contributed by atoms with E-state index in [1.165, 1.54) is 24.5 Å². The predicted molar refractivity (Wildman–Crippen MR) is 123 cm³/mol. The van der Waals surface area contributed by atoms with Gasteiger partial charge in [-0.3, -0.25) is 9.97 Å². The summed E-state index contributed by atoms with van der Waals surface area (Å²) in [5, 5.41) is 9.70. The number of pyridine rings is 2. The molecule has 0 unspecified atom stereocenters. The molecule has 1 aromatic carbocycles. The third kappa shape index (κ3) is 5.60. The minimum atomic E-state index is -3.19. The van der Waals surface area contributed by atoms with Crippen LogP contribution in [0.4, 0.5) is 4.39 Å². The van der Waals surface area contributed by atoms with Gasteiger partial charge in [0, 0.05) is 48.2 Å². The van der Waals surface area contributed by atoms with Crippen molar-refractivity contribution in [3.8, 4) is 5.69 Å². The van der Waals surface area contributed by atoms with Gasteiger partial charge in [-0.1, -0.05) is 6.92 Å². The summed E-state index contributed by atoms with van der Waals surface area (Å²) >= 11 is 0. The topological polar surface area (TPSA) is 128 Å². The second-order valence-corrected chi connectivity index (χ2v) is 9.34. The molecule has 10 heteroatoms. The number of rotatable bonds is 5. The summed E-state index contributed by atoms with van der Waals surface area (Å²) in [4.78, 5) is 19.1. The molecule has 0 fully saturated rings. The minimum absolute atomic E-state index is 0.149. The van der Waals surface area contributed by atoms with Crippen LogP contribution in [0.1, 0.15) is 35.3 Å². The van der Waals surface area contributed by atoms with Gasteiger partial charge >= 0.3 is 5.97 Å². The van der Waals surface area contributed by atoms with E-state index in [0.29, 0.717) is 10.9 Å². The molecule has 4 rings (SSSR count). The van der Waals surface area contributed by atoms with Crippen molar-refractivity contribution in [1.82, 2.24) is 14.5 Å². The molecule has 0 amide bonds. The first-order valence-corrected chi connectivity index (χ1v) is 11.9. The molecule has 0 aliphatic carbocycles. The maximum absolute atomic E-state index is 12.9. The van der Waals surface area contributed by atoms with Gasteiger partial charge in [-0.2, -0.15) is 0 Å². The highest BCUT2D eigenvalue weighted by molar-refractivity contribution is 7.90. The van der Waals surface area contributed by atoms with E-state index in [2.05, 4.69) is 9.97 Å². The van der Waals surface area contributed by atoms with E-state index < -0.39 is 15.8 Å². The number of halogens is 1. The van der Waals surface area contributed by atoms with Crippen LogP contribution in [0, 0.1) is 5.82 Å². The van der Waals surface area contributed by atoms with Crippen molar-refractivity contribution in [2.75, 3.05) is 6.26 Å². The fourth-order valence-electron chi connectivity index (χ4n) is 3.13. The standard InChI is InChI=1S/C14H9FN2O2.C9H14N2O2S/c15-9-1-3-10(4-2-9)17-6-5-11-12(14(18)19)7-16-8-13(11)17;1-3-9(10)7-4-8(6-11-5-7)14(2,12)13/h1-8H,(H,18,19);4-6,9H,3,10H2,1-2H3/t;9-/m.0/s1. The normalized spacial score (nSPS) is 12.1. The number of hydrogen-bond donors (Lipinski definition) is 2. The molecule has 33 heavy (non-hydrogen) atoms. The molecule has 0 saturated heterocycles. The van der Waals surface area contributed by atoms with Crippen molar-refractivity contribution in [2.24, 2.45) is 5.73 Å². The molecule has 0 aliphatic rings.